The number of ether oxygens (including phenoxy) is 1. The van der Waals surface area contributed by atoms with Crippen molar-refractivity contribution >= 4 is 5.78 Å². The zero-order valence-corrected chi connectivity index (χ0v) is 10.5. The lowest BCUT2D eigenvalue weighted by molar-refractivity contribution is 0.0942. The Morgan fingerprint density at radius 3 is 3.00 bits per heavy atom. The summed E-state index contributed by atoms with van der Waals surface area (Å²) in [5.41, 5.74) is 6.35. The number of Topliss-reactive ketones (excluding diaryl/α,β-unsaturated/α-hetero) is 1. The minimum absolute atomic E-state index is 0.00793. The Morgan fingerprint density at radius 1 is 1.50 bits per heavy atom. The zero-order valence-electron chi connectivity index (χ0n) is 10.5. The van der Waals surface area contributed by atoms with Gasteiger partial charge in [0.2, 0.25) is 0 Å². The summed E-state index contributed by atoms with van der Waals surface area (Å²) in [6, 6.07) is 1.74. The van der Waals surface area contributed by atoms with Gasteiger partial charge in [0.05, 0.1) is 12.8 Å². The molecule has 0 spiro atoms. The standard InChI is InChI=1S/C14H18N2O2/c1-2-5-18-13-7-11(8-16-9-13)14(17)10-3-4-12(15)6-10/h3-4,7-10,12H,2,5-6,15H2,1H3. The van der Waals surface area contributed by atoms with Gasteiger partial charge in [0.1, 0.15) is 5.75 Å². The third kappa shape index (κ3) is 2.96. The summed E-state index contributed by atoms with van der Waals surface area (Å²) in [7, 11) is 0. The number of hydrogen-bond acceptors (Lipinski definition) is 4. The second kappa shape index (κ2) is 5.78. The van der Waals surface area contributed by atoms with Gasteiger partial charge < -0.3 is 10.5 Å². The van der Waals surface area contributed by atoms with E-state index in [4.69, 9.17) is 10.5 Å². The van der Waals surface area contributed by atoms with Gasteiger partial charge in [-0.1, -0.05) is 19.1 Å². The van der Waals surface area contributed by atoms with E-state index in [1.807, 2.05) is 19.1 Å². The summed E-state index contributed by atoms with van der Waals surface area (Å²) in [6.45, 7) is 2.67. The summed E-state index contributed by atoms with van der Waals surface area (Å²) >= 11 is 0. The molecule has 2 atom stereocenters. The Balaban J connectivity index is 2.08. The first-order chi connectivity index (χ1) is 8.70. The van der Waals surface area contributed by atoms with E-state index >= 15 is 0 Å². The molecule has 0 bridgehead atoms. The zero-order chi connectivity index (χ0) is 13.0. The molecule has 2 N–H and O–H groups in total. The van der Waals surface area contributed by atoms with Crippen molar-refractivity contribution in [3.05, 3.63) is 36.2 Å². The molecule has 0 fully saturated rings. The van der Waals surface area contributed by atoms with Crippen LogP contribution in [0, 0.1) is 5.92 Å². The van der Waals surface area contributed by atoms with Gasteiger partial charge in [-0.05, 0) is 18.9 Å². The Kier molecular flexibility index (Phi) is 4.10. The molecule has 1 heterocycles. The molecule has 0 saturated carbocycles. The molecule has 2 rings (SSSR count). The number of nitrogens with zero attached hydrogens (tertiary/aromatic N) is 1. The molecule has 18 heavy (non-hydrogen) atoms. The minimum atomic E-state index is -0.122. The highest BCUT2D eigenvalue weighted by Gasteiger charge is 2.24. The molecule has 4 heteroatoms. The predicted octanol–water partition coefficient (Wildman–Crippen LogP) is 1.96. The van der Waals surface area contributed by atoms with Crippen molar-refractivity contribution in [2.75, 3.05) is 6.61 Å². The summed E-state index contributed by atoms with van der Waals surface area (Å²) in [5.74, 6) is 0.589. The topological polar surface area (TPSA) is 65.2 Å². The first kappa shape index (κ1) is 12.8. The van der Waals surface area contributed by atoms with Crippen LogP contribution in [0.5, 0.6) is 5.75 Å². The van der Waals surface area contributed by atoms with Crippen LogP contribution in [0.4, 0.5) is 0 Å². The third-order valence-electron chi connectivity index (χ3n) is 2.92. The molecule has 1 aliphatic rings. The van der Waals surface area contributed by atoms with Gasteiger partial charge in [-0.2, -0.15) is 0 Å². The summed E-state index contributed by atoms with van der Waals surface area (Å²) < 4.78 is 5.47. The van der Waals surface area contributed by atoms with E-state index in [1.165, 1.54) is 0 Å². The Labute approximate surface area is 107 Å². The van der Waals surface area contributed by atoms with Gasteiger partial charge in [0.25, 0.3) is 0 Å². The van der Waals surface area contributed by atoms with Crippen molar-refractivity contribution in [3.8, 4) is 5.75 Å². The van der Waals surface area contributed by atoms with Crippen LogP contribution in [0.25, 0.3) is 0 Å². The maximum atomic E-state index is 12.2. The Bertz CT molecular complexity index is 457. The minimum Gasteiger partial charge on any atom is -0.492 e. The van der Waals surface area contributed by atoms with Crippen molar-refractivity contribution in [1.82, 2.24) is 4.98 Å². The second-order valence-corrected chi connectivity index (χ2v) is 4.51. The normalized spacial score (nSPS) is 22.1. The molecule has 0 amide bonds. The van der Waals surface area contributed by atoms with Gasteiger partial charge >= 0.3 is 0 Å². The molecule has 1 aromatic rings. The number of carbonyl (C=O) groups excluding carboxylic acids is 1. The largest absolute Gasteiger partial charge is 0.492 e. The molecular formula is C14H18N2O2. The fourth-order valence-electron chi connectivity index (χ4n) is 1.99. The van der Waals surface area contributed by atoms with Crippen LogP contribution in [-0.4, -0.2) is 23.4 Å². The third-order valence-corrected chi connectivity index (χ3v) is 2.92. The molecule has 0 aromatic carbocycles. The van der Waals surface area contributed by atoms with Gasteiger partial charge in [-0.25, -0.2) is 0 Å². The Morgan fingerprint density at radius 2 is 2.33 bits per heavy atom. The molecule has 0 aliphatic heterocycles. The summed E-state index contributed by atoms with van der Waals surface area (Å²) in [6.07, 6.45) is 8.58. The van der Waals surface area contributed by atoms with Crippen LogP contribution in [0.3, 0.4) is 0 Å². The molecule has 0 saturated heterocycles. The smallest absolute Gasteiger partial charge is 0.171 e. The first-order valence-corrected chi connectivity index (χ1v) is 6.26. The van der Waals surface area contributed by atoms with Gasteiger partial charge in [-0.15, -0.1) is 0 Å². The van der Waals surface area contributed by atoms with Crippen molar-refractivity contribution in [1.29, 1.82) is 0 Å². The Hall–Kier alpha value is -1.68. The van der Waals surface area contributed by atoms with Crippen molar-refractivity contribution in [2.24, 2.45) is 11.7 Å². The number of pyridine rings is 1. The SMILES string of the molecule is CCCOc1cncc(C(=O)C2C=CC(N)C2)c1. The maximum absolute atomic E-state index is 12.2. The van der Waals surface area contributed by atoms with E-state index in [2.05, 4.69) is 4.98 Å². The second-order valence-electron chi connectivity index (χ2n) is 4.51. The monoisotopic (exact) mass is 246 g/mol. The molecule has 4 nitrogen and oxygen atoms in total. The molecular weight excluding hydrogens is 228 g/mol. The molecule has 1 aromatic heterocycles. The number of carbonyl (C=O) groups is 1. The van der Waals surface area contributed by atoms with Crippen LogP contribution in [0.2, 0.25) is 0 Å². The number of allylic oxidation sites excluding steroid dienone is 1. The van der Waals surface area contributed by atoms with Crippen LogP contribution in [0.15, 0.2) is 30.6 Å². The van der Waals surface area contributed by atoms with E-state index in [-0.39, 0.29) is 17.7 Å². The number of aromatic nitrogens is 1. The predicted molar refractivity (Wildman–Crippen MR) is 69.6 cm³/mol. The van der Waals surface area contributed by atoms with Crippen LogP contribution in [-0.2, 0) is 0 Å². The fraction of sp³-hybridized carbons (Fsp3) is 0.429. The van der Waals surface area contributed by atoms with Crippen molar-refractivity contribution in [2.45, 2.75) is 25.8 Å². The molecule has 0 radical (unpaired) electrons. The highest BCUT2D eigenvalue weighted by atomic mass is 16.5. The van der Waals surface area contributed by atoms with Crippen LogP contribution < -0.4 is 10.5 Å². The fourth-order valence-corrected chi connectivity index (χ4v) is 1.99. The number of rotatable bonds is 5. The highest BCUT2D eigenvalue weighted by molar-refractivity contribution is 5.99. The first-order valence-electron chi connectivity index (χ1n) is 6.26. The number of nitrogens with two attached hydrogens (primary N) is 1. The lowest BCUT2D eigenvalue weighted by atomic mass is 9.97. The lowest BCUT2D eigenvalue weighted by Gasteiger charge is -2.09. The van der Waals surface area contributed by atoms with E-state index in [9.17, 15) is 4.79 Å². The summed E-state index contributed by atoms with van der Waals surface area (Å²) in [5, 5.41) is 0. The van der Waals surface area contributed by atoms with Gasteiger partial charge in [0, 0.05) is 23.7 Å². The number of hydrogen-bond donors (Lipinski definition) is 1. The quantitative estimate of drug-likeness (QED) is 0.637. The molecule has 2 unspecified atom stereocenters. The van der Waals surface area contributed by atoms with Crippen LogP contribution >= 0.6 is 0 Å². The lowest BCUT2D eigenvalue weighted by Crippen LogP contribution is -2.19. The molecule has 96 valence electrons. The van der Waals surface area contributed by atoms with Crippen molar-refractivity contribution < 1.29 is 9.53 Å². The maximum Gasteiger partial charge on any atom is 0.171 e. The van der Waals surface area contributed by atoms with Gasteiger partial charge in [-0.3, -0.25) is 9.78 Å². The van der Waals surface area contributed by atoms with E-state index in [0.717, 1.165) is 6.42 Å². The van der Waals surface area contributed by atoms with Crippen molar-refractivity contribution in [3.63, 3.8) is 0 Å². The highest BCUT2D eigenvalue weighted by Crippen LogP contribution is 2.22. The van der Waals surface area contributed by atoms with Crippen LogP contribution in [0.1, 0.15) is 30.1 Å². The summed E-state index contributed by atoms with van der Waals surface area (Å²) in [4.78, 5) is 16.3. The average molecular weight is 246 g/mol. The van der Waals surface area contributed by atoms with E-state index in [1.54, 1.807) is 18.5 Å². The molecule has 1 aliphatic carbocycles. The number of ketones is 1. The average Bonchev–Trinajstić information content (AvgIpc) is 2.82. The van der Waals surface area contributed by atoms with E-state index in [0.29, 0.717) is 24.3 Å². The van der Waals surface area contributed by atoms with E-state index < -0.39 is 0 Å². The van der Waals surface area contributed by atoms with Gasteiger partial charge in [0.15, 0.2) is 5.78 Å².